The molecule has 0 N–H and O–H groups in total. The zero-order valence-electron chi connectivity index (χ0n) is 16.6. The van der Waals surface area contributed by atoms with Crippen molar-refractivity contribution in [3.8, 4) is 0 Å². The molecule has 0 saturated carbocycles. The monoisotopic (exact) mass is 430 g/mol. The van der Waals surface area contributed by atoms with Gasteiger partial charge in [0.2, 0.25) is 0 Å². The second kappa shape index (κ2) is 17.2. The standard InChI is InChI=1S/C18H36ClO7P/c1-2-3-4-5-6-7-8-18-17-23-12-11-21-9-10-22-13-15-25-27(19,20)26-16-14-24-18/h18H,2-17H2,1H3. The first-order chi connectivity index (χ1) is 13.1. The lowest BCUT2D eigenvalue weighted by Crippen LogP contribution is -2.23. The van der Waals surface area contributed by atoms with E-state index in [0.29, 0.717) is 33.0 Å². The van der Waals surface area contributed by atoms with Gasteiger partial charge in [-0.2, -0.15) is 0 Å². The van der Waals surface area contributed by atoms with E-state index in [2.05, 4.69) is 6.92 Å². The summed E-state index contributed by atoms with van der Waals surface area (Å²) in [4.78, 5) is 0. The van der Waals surface area contributed by atoms with Crippen molar-refractivity contribution in [2.75, 3.05) is 59.5 Å². The summed E-state index contributed by atoms with van der Waals surface area (Å²) in [5, 5.41) is 0. The predicted molar refractivity (Wildman–Crippen MR) is 106 cm³/mol. The quantitative estimate of drug-likeness (QED) is 0.432. The molecule has 0 amide bonds. The molecule has 0 aromatic rings. The van der Waals surface area contributed by atoms with E-state index < -0.39 is 6.95 Å². The fourth-order valence-electron chi connectivity index (χ4n) is 2.63. The van der Waals surface area contributed by atoms with E-state index >= 15 is 0 Å². The van der Waals surface area contributed by atoms with Gasteiger partial charge in [0, 0.05) is 11.2 Å². The SMILES string of the molecule is CCCCCCCCC1COCCOCCOCCOP(=O)(Cl)OCCO1. The molecule has 9 heteroatoms. The van der Waals surface area contributed by atoms with Crippen LogP contribution in [-0.2, 0) is 32.6 Å². The van der Waals surface area contributed by atoms with Crippen molar-refractivity contribution in [2.45, 2.75) is 58.0 Å². The van der Waals surface area contributed by atoms with Gasteiger partial charge in [-0.25, -0.2) is 4.57 Å². The Bertz CT molecular complexity index is 387. The molecule has 7 nitrogen and oxygen atoms in total. The van der Waals surface area contributed by atoms with E-state index in [1.165, 1.54) is 32.1 Å². The summed E-state index contributed by atoms with van der Waals surface area (Å²) in [5.74, 6) is 0. The maximum Gasteiger partial charge on any atom is 0.424 e. The molecule has 0 bridgehead atoms. The van der Waals surface area contributed by atoms with Crippen molar-refractivity contribution >= 4 is 18.2 Å². The van der Waals surface area contributed by atoms with E-state index in [-0.39, 0.29) is 32.5 Å². The normalized spacial score (nSPS) is 27.9. The predicted octanol–water partition coefficient (Wildman–Crippen LogP) is 4.57. The van der Waals surface area contributed by atoms with Gasteiger partial charge >= 0.3 is 6.95 Å². The van der Waals surface area contributed by atoms with Crippen molar-refractivity contribution in [1.29, 1.82) is 0 Å². The first-order valence-corrected chi connectivity index (χ1v) is 12.5. The van der Waals surface area contributed by atoms with E-state index in [1.54, 1.807) is 0 Å². The van der Waals surface area contributed by atoms with Crippen molar-refractivity contribution in [2.24, 2.45) is 0 Å². The highest BCUT2D eigenvalue weighted by molar-refractivity contribution is 7.81. The molecule has 0 aliphatic carbocycles. The van der Waals surface area contributed by atoms with Gasteiger partial charge in [0.25, 0.3) is 0 Å². The Morgan fingerprint density at radius 3 is 2.04 bits per heavy atom. The number of rotatable bonds is 7. The smallest absolute Gasteiger partial charge is 0.377 e. The lowest BCUT2D eigenvalue weighted by atomic mass is 10.1. The molecule has 27 heavy (non-hydrogen) atoms. The molecule has 1 rings (SSSR count). The summed E-state index contributed by atoms with van der Waals surface area (Å²) in [6.45, 7) is 1.84. The highest BCUT2D eigenvalue weighted by Gasteiger charge is 2.21. The molecule has 1 aliphatic heterocycles. The number of hydrogen-bond donors (Lipinski definition) is 0. The summed E-state index contributed by atoms with van der Waals surface area (Å²) in [6.07, 6.45) is 8.30. The van der Waals surface area contributed by atoms with E-state index in [0.717, 1.165) is 12.8 Å². The Morgan fingerprint density at radius 2 is 1.33 bits per heavy atom. The average Bonchev–Trinajstić information content (AvgIpc) is 2.64. The summed E-state index contributed by atoms with van der Waals surface area (Å²) < 4.78 is 44.4. The van der Waals surface area contributed by atoms with Crippen LogP contribution in [0.2, 0.25) is 0 Å². The third-order valence-electron chi connectivity index (χ3n) is 4.08. The van der Waals surface area contributed by atoms with Crippen molar-refractivity contribution < 1.29 is 32.6 Å². The zero-order chi connectivity index (χ0) is 19.6. The average molecular weight is 431 g/mol. The van der Waals surface area contributed by atoms with Crippen LogP contribution < -0.4 is 0 Å². The van der Waals surface area contributed by atoms with E-state index in [4.69, 9.17) is 39.2 Å². The largest absolute Gasteiger partial charge is 0.424 e. The fourth-order valence-corrected chi connectivity index (χ4v) is 3.70. The minimum atomic E-state index is -3.60. The van der Waals surface area contributed by atoms with Crippen LogP contribution in [0.5, 0.6) is 0 Å². The second-order valence-electron chi connectivity index (χ2n) is 6.45. The Balaban J connectivity index is 2.34. The first kappa shape index (κ1) is 25.3. The number of halogens is 1. The summed E-state index contributed by atoms with van der Waals surface area (Å²) in [5.41, 5.74) is 0. The number of ether oxygens (including phenoxy) is 4. The van der Waals surface area contributed by atoms with Gasteiger partial charge in [-0.1, -0.05) is 45.4 Å². The van der Waals surface area contributed by atoms with Crippen LogP contribution in [0.3, 0.4) is 0 Å². The summed E-state index contributed by atoms with van der Waals surface area (Å²) in [6, 6.07) is 0. The van der Waals surface area contributed by atoms with Crippen LogP contribution in [0.4, 0.5) is 0 Å². The van der Waals surface area contributed by atoms with Crippen LogP contribution in [0, 0.1) is 0 Å². The Hall–Kier alpha value is 0.280. The van der Waals surface area contributed by atoms with E-state index in [9.17, 15) is 4.57 Å². The minimum absolute atomic E-state index is 0.0191. The first-order valence-electron chi connectivity index (χ1n) is 10.1. The Labute approximate surface area is 168 Å². The molecule has 0 aromatic heterocycles. The van der Waals surface area contributed by atoms with Gasteiger partial charge in [-0.3, -0.25) is 9.05 Å². The van der Waals surface area contributed by atoms with E-state index in [1.807, 2.05) is 0 Å². The van der Waals surface area contributed by atoms with Crippen molar-refractivity contribution in [3.63, 3.8) is 0 Å². The highest BCUT2D eigenvalue weighted by atomic mass is 35.7. The molecule has 1 fully saturated rings. The Morgan fingerprint density at radius 1 is 0.778 bits per heavy atom. The third-order valence-corrected chi connectivity index (χ3v) is 5.65. The van der Waals surface area contributed by atoms with Crippen LogP contribution in [-0.4, -0.2) is 65.6 Å². The number of unbranched alkanes of at least 4 members (excludes halogenated alkanes) is 5. The third kappa shape index (κ3) is 15.8. The molecular formula is C18H36ClO7P. The molecule has 0 radical (unpaired) electrons. The summed E-state index contributed by atoms with van der Waals surface area (Å²) >= 11 is 5.76. The molecule has 2 atom stereocenters. The lowest BCUT2D eigenvalue weighted by Gasteiger charge is -2.19. The van der Waals surface area contributed by atoms with Gasteiger partial charge < -0.3 is 18.9 Å². The van der Waals surface area contributed by atoms with Crippen molar-refractivity contribution in [3.05, 3.63) is 0 Å². The van der Waals surface area contributed by atoms with Crippen LogP contribution in [0.25, 0.3) is 0 Å². The highest BCUT2D eigenvalue weighted by Crippen LogP contribution is 2.53. The number of hydrogen-bond acceptors (Lipinski definition) is 7. The van der Waals surface area contributed by atoms with Crippen LogP contribution >= 0.6 is 18.2 Å². The minimum Gasteiger partial charge on any atom is -0.377 e. The van der Waals surface area contributed by atoms with Gasteiger partial charge in [-0.05, 0) is 6.42 Å². The molecule has 1 saturated heterocycles. The maximum atomic E-state index is 11.9. The van der Waals surface area contributed by atoms with Crippen LogP contribution in [0.1, 0.15) is 51.9 Å². The maximum absolute atomic E-state index is 11.9. The lowest BCUT2D eigenvalue weighted by molar-refractivity contribution is -0.0441. The molecule has 1 aliphatic rings. The van der Waals surface area contributed by atoms with Crippen LogP contribution in [0.15, 0.2) is 0 Å². The molecular weight excluding hydrogens is 395 g/mol. The van der Waals surface area contributed by atoms with Crippen molar-refractivity contribution in [1.82, 2.24) is 0 Å². The van der Waals surface area contributed by atoms with Gasteiger partial charge in [0.1, 0.15) is 0 Å². The van der Waals surface area contributed by atoms with Gasteiger partial charge in [-0.15, -0.1) is 0 Å². The topological polar surface area (TPSA) is 72.5 Å². The second-order valence-corrected chi connectivity index (χ2v) is 9.07. The molecule has 1 heterocycles. The summed E-state index contributed by atoms with van der Waals surface area (Å²) in [7, 11) is 0. The van der Waals surface area contributed by atoms with Gasteiger partial charge in [0.05, 0.1) is 65.6 Å². The molecule has 162 valence electrons. The zero-order valence-corrected chi connectivity index (χ0v) is 18.2. The fraction of sp³-hybridized carbons (Fsp3) is 1.00. The molecule has 0 spiro atoms. The molecule has 2 unspecified atom stereocenters. The van der Waals surface area contributed by atoms with Gasteiger partial charge in [0.15, 0.2) is 0 Å². The molecule has 0 aromatic carbocycles. The Kier molecular flexibility index (Phi) is 16.1.